The van der Waals surface area contributed by atoms with E-state index in [-0.39, 0.29) is 38.6 Å². The second-order valence-electron chi connectivity index (χ2n) is 1.84. The van der Waals surface area contributed by atoms with Gasteiger partial charge < -0.3 is 21.1 Å². The topological polar surface area (TPSA) is 86.7 Å². The largest absolute Gasteiger partial charge is 0.394 e. The van der Waals surface area contributed by atoms with Gasteiger partial charge in [-0.25, -0.2) is 0 Å². The van der Waals surface area contributed by atoms with Crippen LogP contribution in [0.4, 0.5) is 0 Å². The fourth-order valence-corrected chi connectivity index (χ4v) is 0.150. The van der Waals surface area contributed by atoms with Crippen LogP contribution in [0.1, 0.15) is 0 Å². The third kappa shape index (κ3) is 4.52. The molecule has 0 bridgehead atoms. The molecule has 0 aliphatic heterocycles. The smallest absolute Gasteiger partial charge is 0.0856 e. The first-order valence-electron chi connectivity index (χ1n) is 2.30. The first kappa shape index (κ1) is 12.8. The van der Waals surface area contributed by atoms with Crippen LogP contribution in [-0.2, 0) is 0 Å². The zero-order chi connectivity index (χ0) is 6.62. The van der Waals surface area contributed by atoms with E-state index in [9.17, 15) is 0 Å². The zero-order valence-electron chi connectivity index (χ0n) is 4.87. The Hall–Kier alpha value is 1.13. The Morgan fingerprint density at radius 2 is 1.22 bits per heavy atom. The molecule has 0 aliphatic rings. The van der Waals surface area contributed by atoms with E-state index >= 15 is 0 Å². The third-order valence-electron chi connectivity index (χ3n) is 0.945. The van der Waals surface area contributed by atoms with Gasteiger partial charge >= 0.3 is 0 Å². The first-order chi connectivity index (χ1) is 3.68. The van der Waals surface area contributed by atoms with Gasteiger partial charge in [0.25, 0.3) is 0 Å². The van der Waals surface area contributed by atoms with Crippen LogP contribution in [0.3, 0.4) is 0 Å². The second kappa shape index (κ2) is 5.88. The molecule has 9 heavy (non-hydrogen) atoms. The van der Waals surface area contributed by atoms with Crippen LogP contribution in [-0.4, -0.2) is 40.7 Å². The van der Waals surface area contributed by atoms with E-state index in [0.29, 0.717) is 0 Å². The van der Waals surface area contributed by atoms with Gasteiger partial charge in [-0.15, -0.1) is 0 Å². The Bertz CT molecular complexity index is 58.6. The van der Waals surface area contributed by atoms with Crippen molar-refractivity contribution in [3.05, 3.63) is 0 Å². The van der Waals surface area contributed by atoms with Crippen molar-refractivity contribution in [3.8, 4) is 0 Å². The Labute approximate surface area is 84.5 Å². The Morgan fingerprint density at radius 3 is 1.22 bits per heavy atom. The average Bonchev–Trinajstić information content (AvgIpc) is 1.87. The SMILES string of the molecule is NC(CO)(CO)CO.[Tb]. The molecule has 0 atom stereocenters. The van der Waals surface area contributed by atoms with Gasteiger partial charge in [0.05, 0.1) is 25.4 Å². The van der Waals surface area contributed by atoms with E-state index < -0.39 is 25.4 Å². The van der Waals surface area contributed by atoms with E-state index in [1.54, 1.807) is 0 Å². The van der Waals surface area contributed by atoms with Crippen LogP contribution < -0.4 is 5.73 Å². The van der Waals surface area contributed by atoms with Crippen molar-refractivity contribution < 1.29 is 53.9 Å². The molecular weight excluding hydrogens is 269 g/mol. The molecule has 1 radical (unpaired) electrons. The molecule has 59 valence electrons. The number of nitrogens with two attached hydrogens (primary N) is 1. The van der Waals surface area contributed by atoms with Gasteiger partial charge in [0.2, 0.25) is 0 Å². The summed E-state index contributed by atoms with van der Waals surface area (Å²) in [7, 11) is 0. The fourth-order valence-electron chi connectivity index (χ4n) is 0.150. The van der Waals surface area contributed by atoms with Crippen molar-refractivity contribution in [1.29, 1.82) is 0 Å². The van der Waals surface area contributed by atoms with Crippen LogP contribution in [0.15, 0.2) is 0 Å². The maximum absolute atomic E-state index is 8.34. The third-order valence-corrected chi connectivity index (χ3v) is 0.945. The molecule has 0 aliphatic carbocycles. The van der Waals surface area contributed by atoms with E-state index in [1.807, 2.05) is 0 Å². The number of aliphatic hydroxyl groups is 3. The summed E-state index contributed by atoms with van der Waals surface area (Å²) >= 11 is 0. The molecule has 4 nitrogen and oxygen atoms in total. The second-order valence-corrected chi connectivity index (χ2v) is 1.84. The minimum Gasteiger partial charge on any atom is -0.394 e. The summed E-state index contributed by atoms with van der Waals surface area (Å²) in [6.07, 6.45) is 0. The van der Waals surface area contributed by atoms with Gasteiger partial charge in [-0.05, 0) is 0 Å². The summed E-state index contributed by atoms with van der Waals surface area (Å²) in [5, 5.41) is 25.0. The maximum atomic E-state index is 8.34. The minimum atomic E-state index is -1.21. The van der Waals surface area contributed by atoms with Crippen LogP contribution in [0.2, 0.25) is 0 Å². The Kier molecular flexibility index (Phi) is 8.34. The molecule has 0 saturated carbocycles. The molecule has 0 amide bonds. The quantitative estimate of drug-likeness (QED) is 0.467. The van der Waals surface area contributed by atoms with E-state index in [4.69, 9.17) is 21.1 Å². The summed E-state index contributed by atoms with van der Waals surface area (Å²) in [6, 6.07) is 0. The Morgan fingerprint density at radius 1 is 1.00 bits per heavy atom. The predicted octanol–water partition coefficient (Wildman–Crippen LogP) is -2.34. The predicted molar refractivity (Wildman–Crippen MR) is 28.2 cm³/mol. The first-order valence-corrected chi connectivity index (χ1v) is 2.30. The zero-order valence-corrected chi connectivity index (χ0v) is 7.01. The van der Waals surface area contributed by atoms with Gasteiger partial charge in [0, 0.05) is 38.6 Å². The van der Waals surface area contributed by atoms with Gasteiger partial charge in [-0.2, -0.15) is 0 Å². The summed E-state index contributed by atoms with van der Waals surface area (Å²) in [5.74, 6) is 0. The molecule has 0 aromatic carbocycles. The normalized spacial score (nSPS) is 10.7. The average molecular weight is 280 g/mol. The summed E-state index contributed by atoms with van der Waals surface area (Å²) in [4.78, 5) is 0. The van der Waals surface area contributed by atoms with Crippen molar-refractivity contribution in [2.75, 3.05) is 19.8 Å². The monoisotopic (exact) mass is 280 g/mol. The molecule has 0 aromatic rings. The molecule has 0 aromatic heterocycles. The van der Waals surface area contributed by atoms with Crippen LogP contribution in [0.25, 0.3) is 0 Å². The molecule has 0 unspecified atom stereocenters. The van der Waals surface area contributed by atoms with Crippen molar-refractivity contribution in [3.63, 3.8) is 0 Å². The fraction of sp³-hybridized carbons (Fsp3) is 1.00. The molecule has 0 saturated heterocycles. The summed E-state index contributed by atoms with van der Waals surface area (Å²) < 4.78 is 0. The van der Waals surface area contributed by atoms with Crippen molar-refractivity contribution >= 4 is 0 Å². The van der Waals surface area contributed by atoms with E-state index in [0.717, 1.165) is 0 Å². The van der Waals surface area contributed by atoms with Gasteiger partial charge in [-0.3, -0.25) is 0 Å². The van der Waals surface area contributed by atoms with Gasteiger partial charge in [0.1, 0.15) is 0 Å². The molecule has 0 spiro atoms. The van der Waals surface area contributed by atoms with Crippen molar-refractivity contribution in [2.45, 2.75) is 5.54 Å². The van der Waals surface area contributed by atoms with Crippen molar-refractivity contribution in [1.82, 2.24) is 0 Å². The molecule has 0 heterocycles. The van der Waals surface area contributed by atoms with Crippen molar-refractivity contribution in [2.24, 2.45) is 5.73 Å². The number of aliphatic hydroxyl groups excluding tert-OH is 3. The van der Waals surface area contributed by atoms with E-state index in [1.165, 1.54) is 0 Å². The molecule has 0 fully saturated rings. The maximum Gasteiger partial charge on any atom is 0.0856 e. The molecule has 5 heteroatoms. The van der Waals surface area contributed by atoms with Gasteiger partial charge in [-0.1, -0.05) is 0 Å². The number of rotatable bonds is 3. The Balaban J connectivity index is 0. The van der Waals surface area contributed by atoms with E-state index in [2.05, 4.69) is 0 Å². The minimum absolute atomic E-state index is 0. The number of hydrogen-bond acceptors (Lipinski definition) is 4. The molecular formula is C4H11NO3Tb. The summed E-state index contributed by atoms with van der Waals surface area (Å²) in [5.41, 5.74) is 3.94. The van der Waals surface area contributed by atoms with Crippen LogP contribution in [0, 0.1) is 38.6 Å². The van der Waals surface area contributed by atoms with Crippen LogP contribution >= 0.6 is 0 Å². The number of hydrogen-bond donors (Lipinski definition) is 4. The molecule has 0 rings (SSSR count). The van der Waals surface area contributed by atoms with Crippen LogP contribution in [0.5, 0.6) is 0 Å². The van der Waals surface area contributed by atoms with Gasteiger partial charge in [0.15, 0.2) is 0 Å². The summed E-state index contributed by atoms with van der Waals surface area (Å²) in [6.45, 7) is -1.21. The molecule has 5 N–H and O–H groups in total. The standard InChI is InChI=1S/C4H11NO3.Tb/c5-4(1-6,2-7)3-8;/h6-8H,1-3,5H2;.